The van der Waals surface area contributed by atoms with Gasteiger partial charge in [-0.05, 0) is 42.4 Å². The molecule has 3 atom stereocenters. The third kappa shape index (κ3) is 4.91. The Morgan fingerprint density at radius 3 is 2.39 bits per heavy atom. The van der Waals surface area contributed by atoms with E-state index in [9.17, 15) is 23.1 Å². The van der Waals surface area contributed by atoms with Crippen LogP contribution in [0.25, 0.3) is 0 Å². The molecule has 3 unspecified atom stereocenters. The maximum atomic E-state index is 13.7. The number of carbonyl (C=O) groups excluding carboxylic acids is 1. The van der Waals surface area contributed by atoms with Crippen LogP contribution in [0, 0.1) is 5.92 Å². The lowest BCUT2D eigenvalue weighted by Crippen LogP contribution is -2.73. The Bertz CT molecular complexity index is 924. The molecule has 3 rings (SSSR count). The van der Waals surface area contributed by atoms with Gasteiger partial charge < -0.3 is 25.2 Å². The summed E-state index contributed by atoms with van der Waals surface area (Å²) in [4.78, 5) is 12.4. The molecule has 0 spiro atoms. The summed E-state index contributed by atoms with van der Waals surface area (Å²) < 4.78 is 51.7. The molecular weight excluding hydrogens is 433 g/mol. The molecule has 1 heterocycles. The summed E-state index contributed by atoms with van der Waals surface area (Å²) in [6.45, 7) is 1.63. The molecule has 2 aromatic rings. The molecule has 1 aliphatic rings. The number of aliphatic hydroxyl groups is 1. The van der Waals surface area contributed by atoms with Crippen molar-refractivity contribution in [2.45, 2.75) is 31.5 Å². The van der Waals surface area contributed by atoms with E-state index in [1.807, 2.05) is 30.3 Å². The van der Waals surface area contributed by atoms with E-state index in [4.69, 9.17) is 21.7 Å². The molecule has 0 bridgehead atoms. The van der Waals surface area contributed by atoms with Crippen LogP contribution in [0.1, 0.15) is 24.1 Å². The van der Waals surface area contributed by atoms with E-state index in [-0.39, 0.29) is 6.61 Å². The van der Waals surface area contributed by atoms with Crippen LogP contribution in [0.15, 0.2) is 54.6 Å². The fourth-order valence-corrected chi connectivity index (χ4v) is 3.61. The summed E-state index contributed by atoms with van der Waals surface area (Å²) in [7, 11) is 0. The topological polar surface area (TPSA) is 79.8 Å². The van der Waals surface area contributed by atoms with Crippen molar-refractivity contribution in [2.75, 3.05) is 6.61 Å². The molecule has 10 heteroatoms. The summed E-state index contributed by atoms with van der Waals surface area (Å²) in [5, 5.41) is 14.4. The first-order chi connectivity index (χ1) is 14.7. The first-order valence-electron chi connectivity index (χ1n) is 9.47. The number of esters is 1. The average molecular weight is 454 g/mol. The highest BCUT2D eigenvalue weighted by Gasteiger charge is 2.66. The minimum absolute atomic E-state index is 0.146. The molecule has 6 nitrogen and oxygen atoms in total. The van der Waals surface area contributed by atoms with Crippen LogP contribution in [-0.2, 0) is 16.1 Å². The number of hydrogen-bond acceptors (Lipinski definition) is 5. The number of thiocarbonyl (C=S) groups is 1. The molecule has 1 saturated heterocycles. The van der Waals surface area contributed by atoms with Crippen molar-refractivity contribution in [3.8, 4) is 5.75 Å². The summed E-state index contributed by atoms with van der Waals surface area (Å²) in [6, 6.07) is 14.3. The maximum Gasteiger partial charge on any atom is 0.437 e. The Balaban J connectivity index is 1.87. The van der Waals surface area contributed by atoms with Gasteiger partial charge in [-0.3, -0.25) is 4.79 Å². The van der Waals surface area contributed by atoms with Crippen molar-refractivity contribution < 1.29 is 32.5 Å². The number of alkyl halides is 3. The normalized spacial score (nSPS) is 23.5. The molecule has 1 aliphatic heterocycles. The van der Waals surface area contributed by atoms with Gasteiger partial charge in [-0.2, -0.15) is 13.2 Å². The molecule has 166 valence electrons. The smallest absolute Gasteiger partial charge is 0.437 e. The average Bonchev–Trinajstić information content (AvgIpc) is 2.72. The summed E-state index contributed by atoms with van der Waals surface area (Å²) in [6.07, 6.45) is -5.19. The number of halogens is 3. The van der Waals surface area contributed by atoms with E-state index in [0.717, 1.165) is 5.56 Å². The second-order valence-electron chi connectivity index (χ2n) is 6.91. The summed E-state index contributed by atoms with van der Waals surface area (Å²) >= 11 is 4.87. The fourth-order valence-electron chi connectivity index (χ4n) is 3.33. The maximum absolute atomic E-state index is 13.7. The summed E-state index contributed by atoms with van der Waals surface area (Å²) in [5.41, 5.74) is -2.33. The van der Waals surface area contributed by atoms with E-state index >= 15 is 0 Å². The largest absolute Gasteiger partial charge is 0.489 e. The van der Waals surface area contributed by atoms with Crippen LogP contribution in [-0.4, -0.2) is 34.7 Å². The highest BCUT2D eigenvalue weighted by molar-refractivity contribution is 7.80. The lowest BCUT2D eigenvalue weighted by molar-refractivity contribution is -0.292. The van der Waals surface area contributed by atoms with Crippen LogP contribution >= 0.6 is 12.2 Å². The van der Waals surface area contributed by atoms with E-state index in [2.05, 4.69) is 5.32 Å². The number of benzene rings is 2. The molecule has 0 aromatic heterocycles. The molecule has 1 fully saturated rings. The predicted molar refractivity (Wildman–Crippen MR) is 110 cm³/mol. The zero-order chi connectivity index (χ0) is 22.6. The first-order valence-corrected chi connectivity index (χ1v) is 9.87. The van der Waals surface area contributed by atoms with Gasteiger partial charge in [0, 0.05) is 0 Å². The van der Waals surface area contributed by atoms with Crippen molar-refractivity contribution in [1.82, 2.24) is 10.6 Å². The minimum Gasteiger partial charge on any atom is -0.489 e. The van der Waals surface area contributed by atoms with Gasteiger partial charge in [0.25, 0.3) is 5.72 Å². The number of hydrogen-bond donors (Lipinski definition) is 3. The van der Waals surface area contributed by atoms with Crippen molar-refractivity contribution >= 4 is 23.3 Å². The van der Waals surface area contributed by atoms with Crippen molar-refractivity contribution in [3.05, 3.63) is 65.7 Å². The molecule has 2 aromatic carbocycles. The second kappa shape index (κ2) is 9.11. The van der Waals surface area contributed by atoms with Crippen molar-refractivity contribution in [3.63, 3.8) is 0 Å². The van der Waals surface area contributed by atoms with E-state index in [1.165, 1.54) is 19.1 Å². The van der Waals surface area contributed by atoms with E-state index in [0.29, 0.717) is 17.9 Å². The van der Waals surface area contributed by atoms with Gasteiger partial charge >= 0.3 is 12.1 Å². The van der Waals surface area contributed by atoms with Crippen LogP contribution in [0.4, 0.5) is 13.2 Å². The van der Waals surface area contributed by atoms with Crippen molar-refractivity contribution in [1.29, 1.82) is 0 Å². The molecular formula is C21H21F3N2O4S. The van der Waals surface area contributed by atoms with Gasteiger partial charge in [-0.25, -0.2) is 0 Å². The Morgan fingerprint density at radius 2 is 1.81 bits per heavy atom. The van der Waals surface area contributed by atoms with E-state index < -0.39 is 34.9 Å². The van der Waals surface area contributed by atoms with Gasteiger partial charge in [0.15, 0.2) is 5.11 Å². The van der Waals surface area contributed by atoms with Crippen molar-refractivity contribution in [2.24, 2.45) is 5.92 Å². The Kier molecular flexibility index (Phi) is 6.71. The van der Waals surface area contributed by atoms with Crippen LogP contribution < -0.4 is 15.4 Å². The quantitative estimate of drug-likeness (QED) is 0.457. The van der Waals surface area contributed by atoms with Crippen LogP contribution in [0.3, 0.4) is 0 Å². The SMILES string of the molecule is CCOC(=O)C1C(c2ccc(OCc3ccccc3)cc2)NC(=S)NC1(O)C(F)(F)F. The van der Waals surface area contributed by atoms with Gasteiger partial charge in [0.2, 0.25) is 0 Å². The van der Waals surface area contributed by atoms with Gasteiger partial charge in [0.05, 0.1) is 12.6 Å². The molecule has 31 heavy (non-hydrogen) atoms. The Morgan fingerprint density at radius 1 is 1.16 bits per heavy atom. The highest BCUT2D eigenvalue weighted by atomic mass is 32.1. The zero-order valence-corrected chi connectivity index (χ0v) is 17.3. The van der Waals surface area contributed by atoms with Gasteiger partial charge in [-0.15, -0.1) is 0 Å². The van der Waals surface area contributed by atoms with Crippen LogP contribution in [0.5, 0.6) is 5.75 Å². The number of rotatable bonds is 6. The second-order valence-corrected chi connectivity index (χ2v) is 7.32. The predicted octanol–water partition coefficient (Wildman–Crippen LogP) is 3.21. The number of nitrogens with one attached hydrogen (secondary N) is 2. The van der Waals surface area contributed by atoms with E-state index in [1.54, 1.807) is 17.4 Å². The molecule has 0 radical (unpaired) electrons. The molecule has 0 saturated carbocycles. The lowest BCUT2D eigenvalue weighted by Gasteiger charge is -2.45. The highest BCUT2D eigenvalue weighted by Crippen LogP contribution is 2.43. The van der Waals surface area contributed by atoms with Gasteiger partial charge in [-0.1, -0.05) is 42.5 Å². The number of ether oxygens (including phenoxy) is 2. The monoisotopic (exact) mass is 454 g/mol. The standard InChI is InChI=1S/C21H21F3N2O4S/c1-2-29-18(27)16-17(25-19(31)26-20(16,28)21(22,23)24)14-8-10-15(11-9-14)30-12-13-6-4-3-5-7-13/h3-11,16-17,28H,2,12H2,1H3,(H2,25,26,31). The molecule has 3 N–H and O–H groups in total. The third-order valence-corrected chi connectivity index (χ3v) is 5.05. The zero-order valence-electron chi connectivity index (χ0n) is 16.5. The lowest BCUT2D eigenvalue weighted by atomic mass is 9.82. The summed E-state index contributed by atoms with van der Waals surface area (Å²) in [5.74, 6) is -2.75. The minimum atomic E-state index is -5.19. The fraction of sp³-hybridized carbons (Fsp3) is 0.333. The Hall–Kier alpha value is -2.85. The Labute approximate surface area is 182 Å². The third-order valence-electron chi connectivity index (χ3n) is 4.83. The van der Waals surface area contributed by atoms with Gasteiger partial charge in [0.1, 0.15) is 18.3 Å². The number of carbonyl (C=O) groups is 1. The van der Waals surface area contributed by atoms with Crippen LogP contribution in [0.2, 0.25) is 0 Å². The molecule has 0 amide bonds. The first kappa shape index (κ1) is 22.8. The molecule has 0 aliphatic carbocycles.